The summed E-state index contributed by atoms with van der Waals surface area (Å²) >= 11 is 5.80. The van der Waals surface area contributed by atoms with E-state index in [2.05, 4.69) is 4.98 Å². The maximum Gasteiger partial charge on any atom is 0.419 e. The standard InChI is InChI=1S/C12H8ClF3N2O/c13-9-5-7(17)6-18-11(9)19-10-4-2-1-3-8(10)12(14,15)16/h1-6H,17H2. The van der Waals surface area contributed by atoms with Crippen molar-refractivity contribution in [2.45, 2.75) is 6.18 Å². The van der Waals surface area contributed by atoms with Gasteiger partial charge < -0.3 is 10.5 Å². The van der Waals surface area contributed by atoms with Gasteiger partial charge in [0, 0.05) is 0 Å². The molecule has 0 spiro atoms. The molecule has 100 valence electrons. The molecule has 2 rings (SSSR count). The number of aromatic nitrogens is 1. The topological polar surface area (TPSA) is 48.1 Å². The van der Waals surface area contributed by atoms with Crippen LogP contribution < -0.4 is 10.5 Å². The Morgan fingerprint density at radius 3 is 2.53 bits per heavy atom. The normalized spacial score (nSPS) is 11.4. The molecule has 7 heteroatoms. The third-order valence-corrected chi connectivity index (χ3v) is 2.50. The van der Waals surface area contributed by atoms with Gasteiger partial charge in [-0.25, -0.2) is 4.98 Å². The minimum atomic E-state index is -4.52. The number of alkyl halides is 3. The molecule has 3 nitrogen and oxygen atoms in total. The Kier molecular flexibility index (Phi) is 3.53. The molecule has 2 aromatic rings. The number of nitrogens with two attached hydrogens (primary N) is 1. The van der Waals surface area contributed by atoms with E-state index < -0.39 is 11.7 Å². The van der Waals surface area contributed by atoms with Crippen LogP contribution >= 0.6 is 11.6 Å². The SMILES string of the molecule is Nc1cnc(Oc2ccccc2C(F)(F)F)c(Cl)c1. The van der Waals surface area contributed by atoms with Gasteiger partial charge in [-0.05, 0) is 18.2 Å². The van der Waals surface area contributed by atoms with Crippen LogP contribution in [0.1, 0.15) is 5.56 Å². The second-order valence-corrected chi connectivity index (χ2v) is 4.06. The number of nitrogens with zero attached hydrogens (tertiary/aromatic N) is 1. The molecule has 1 heterocycles. The highest BCUT2D eigenvalue weighted by Crippen LogP contribution is 2.38. The number of benzene rings is 1. The van der Waals surface area contributed by atoms with E-state index in [0.717, 1.165) is 6.07 Å². The molecule has 0 unspecified atom stereocenters. The highest BCUT2D eigenvalue weighted by molar-refractivity contribution is 6.32. The van der Waals surface area contributed by atoms with Crippen molar-refractivity contribution in [1.82, 2.24) is 4.98 Å². The van der Waals surface area contributed by atoms with Gasteiger partial charge in [0.05, 0.1) is 17.4 Å². The number of halogens is 4. The molecule has 0 aliphatic heterocycles. The van der Waals surface area contributed by atoms with Crippen LogP contribution in [-0.2, 0) is 6.18 Å². The molecular weight excluding hydrogens is 281 g/mol. The number of ether oxygens (including phenoxy) is 1. The second kappa shape index (κ2) is 4.97. The van der Waals surface area contributed by atoms with Crippen molar-refractivity contribution < 1.29 is 17.9 Å². The number of para-hydroxylation sites is 1. The molecule has 0 atom stereocenters. The third-order valence-electron chi connectivity index (χ3n) is 2.23. The zero-order chi connectivity index (χ0) is 14.0. The molecule has 0 aliphatic carbocycles. The van der Waals surface area contributed by atoms with Crippen molar-refractivity contribution in [2.24, 2.45) is 0 Å². The first-order valence-electron chi connectivity index (χ1n) is 5.13. The number of anilines is 1. The predicted octanol–water partition coefficient (Wildman–Crippen LogP) is 4.13. The van der Waals surface area contributed by atoms with Gasteiger partial charge in [0.2, 0.25) is 5.88 Å². The van der Waals surface area contributed by atoms with E-state index in [4.69, 9.17) is 22.1 Å². The lowest BCUT2D eigenvalue weighted by Crippen LogP contribution is -2.07. The van der Waals surface area contributed by atoms with Crippen LogP contribution in [0.5, 0.6) is 11.6 Å². The van der Waals surface area contributed by atoms with Crippen LogP contribution in [0.4, 0.5) is 18.9 Å². The van der Waals surface area contributed by atoms with Crippen LogP contribution in [0, 0.1) is 0 Å². The summed E-state index contributed by atoms with van der Waals surface area (Å²) in [7, 11) is 0. The van der Waals surface area contributed by atoms with E-state index in [9.17, 15) is 13.2 Å². The number of hydrogen-bond donors (Lipinski definition) is 1. The van der Waals surface area contributed by atoms with E-state index in [0.29, 0.717) is 5.69 Å². The van der Waals surface area contributed by atoms with Crippen molar-refractivity contribution in [3.8, 4) is 11.6 Å². The van der Waals surface area contributed by atoms with E-state index in [1.807, 2.05) is 0 Å². The van der Waals surface area contributed by atoms with Gasteiger partial charge in [0.15, 0.2) is 0 Å². The monoisotopic (exact) mass is 288 g/mol. The molecular formula is C12H8ClF3N2O. The molecule has 0 bridgehead atoms. The van der Waals surface area contributed by atoms with E-state index in [-0.39, 0.29) is 16.7 Å². The lowest BCUT2D eigenvalue weighted by atomic mass is 10.2. The number of nitrogen functional groups attached to an aromatic ring is 1. The highest BCUT2D eigenvalue weighted by Gasteiger charge is 2.34. The minimum absolute atomic E-state index is 0.0389. The van der Waals surface area contributed by atoms with E-state index >= 15 is 0 Å². The van der Waals surface area contributed by atoms with Crippen LogP contribution in [0.3, 0.4) is 0 Å². The van der Waals surface area contributed by atoms with Gasteiger partial charge in [0.1, 0.15) is 10.8 Å². The Labute approximate surface area is 111 Å². The molecule has 0 amide bonds. The maximum absolute atomic E-state index is 12.8. The summed E-state index contributed by atoms with van der Waals surface area (Å²) in [6, 6.07) is 6.15. The first-order valence-corrected chi connectivity index (χ1v) is 5.51. The van der Waals surface area contributed by atoms with Crippen molar-refractivity contribution in [3.05, 3.63) is 47.1 Å². The minimum Gasteiger partial charge on any atom is -0.437 e. The summed E-state index contributed by atoms with van der Waals surface area (Å²) in [6.45, 7) is 0. The van der Waals surface area contributed by atoms with Crippen LogP contribution in [0.25, 0.3) is 0 Å². The van der Waals surface area contributed by atoms with Crippen molar-refractivity contribution >= 4 is 17.3 Å². The Bertz CT molecular complexity index is 602. The molecule has 19 heavy (non-hydrogen) atoms. The lowest BCUT2D eigenvalue weighted by Gasteiger charge is -2.13. The van der Waals surface area contributed by atoms with Crippen LogP contribution in [0.2, 0.25) is 5.02 Å². The summed E-state index contributed by atoms with van der Waals surface area (Å²) < 4.78 is 43.4. The molecule has 0 fully saturated rings. The van der Waals surface area contributed by atoms with Gasteiger partial charge >= 0.3 is 6.18 Å². The van der Waals surface area contributed by atoms with Gasteiger partial charge in [-0.3, -0.25) is 0 Å². The Morgan fingerprint density at radius 2 is 1.89 bits per heavy atom. The van der Waals surface area contributed by atoms with Gasteiger partial charge in [-0.15, -0.1) is 0 Å². The summed E-state index contributed by atoms with van der Waals surface area (Å²) in [5.74, 6) is -0.498. The van der Waals surface area contributed by atoms with Crippen molar-refractivity contribution in [3.63, 3.8) is 0 Å². The zero-order valence-corrected chi connectivity index (χ0v) is 10.2. The lowest BCUT2D eigenvalue weighted by molar-refractivity contribution is -0.138. The summed E-state index contributed by atoms with van der Waals surface area (Å²) in [5, 5.41) is 0.0389. The van der Waals surface area contributed by atoms with Crippen LogP contribution in [0.15, 0.2) is 36.5 Å². The fourth-order valence-electron chi connectivity index (χ4n) is 1.41. The van der Waals surface area contributed by atoms with Crippen molar-refractivity contribution in [1.29, 1.82) is 0 Å². The quantitative estimate of drug-likeness (QED) is 0.904. The zero-order valence-electron chi connectivity index (χ0n) is 9.41. The average molecular weight is 289 g/mol. The Balaban J connectivity index is 2.39. The highest BCUT2D eigenvalue weighted by atomic mass is 35.5. The number of rotatable bonds is 2. The Morgan fingerprint density at radius 1 is 1.21 bits per heavy atom. The van der Waals surface area contributed by atoms with E-state index in [1.54, 1.807) is 0 Å². The van der Waals surface area contributed by atoms with Gasteiger partial charge in [-0.2, -0.15) is 13.2 Å². The molecule has 1 aromatic carbocycles. The molecule has 2 N–H and O–H groups in total. The van der Waals surface area contributed by atoms with E-state index in [1.165, 1.54) is 30.5 Å². The third kappa shape index (κ3) is 3.08. The molecule has 1 aromatic heterocycles. The summed E-state index contributed by atoms with van der Waals surface area (Å²) in [6.07, 6.45) is -3.27. The second-order valence-electron chi connectivity index (χ2n) is 3.65. The molecule has 0 radical (unpaired) electrons. The summed E-state index contributed by atoms with van der Waals surface area (Å²) in [5.41, 5.74) is 4.83. The molecule has 0 saturated heterocycles. The first kappa shape index (κ1) is 13.5. The van der Waals surface area contributed by atoms with Gasteiger partial charge in [-0.1, -0.05) is 23.7 Å². The van der Waals surface area contributed by atoms with Crippen LogP contribution in [-0.4, -0.2) is 4.98 Å². The number of pyridine rings is 1. The van der Waals surface area contributed by atoms with Gasteiger partial charge in [0.25, 0.3) is 0 Å². The number of hydrogen-bond acceptors (Lipinski definition) is 3. The molecule has 0 aliphatic rings. The fraction of sp³-hybridized carbons (Fsp3) is 0.0833. The molecule has 0 saturated carbocycles. The summed E-state index contributed by atoms with van der Waals surface area (Å²) in [4.78, 5) is 3.75. The van der Waals surface area contributed by atoms with Crippen molar-refractivity contribution in [2.75, 3.05) is 5.73 Å². The fourth-order valence-corrected chi connectivity index (χ4v) is 1.62. The predicted molar refractivity (Wildman–Crippen MR) is 65.2 cm³/mol. The first-order chi connectivity index (χ1) is 8.88. The average Bonchev–Trinajstić information content (AvgIpc) is 2.32. The maximum atomic E-state index is 12.8. The largest absolute Gasteiger partial charge is 0.437 e. The smallest absolute Gasteiger partial charge is 0.419 e. The Hall–Kier alpha value is -1.95.